The van der Waals surface area contributed by atoms with Crippen LogP contribution in [0.4, 0.5) is 5.13 Å². The number of thioether (sulfide) groups is 1. The molecule has 0 saturated carbocycles. The predicted octanol–water partition coefficient (Wildman–Crippen LogP) is 0.544. The van der Waals surface area contributed by atoms with Gasteiger partial charge in [0.15, 0.2) is 0 Å². The van der Waals surface area contributed by atoms with Crippen LogP contribution in [0.1, 0.15) is 0 Å². The van der Waals surface area contributed by atoms with Crippen molar-refractivity contribution in [2.45, 2.75) is 6.04 Å². The fourth-order valence-electron chi connectivity index (χ4n) is 1.33. The van der Waals surface area contributed by atoms with Crippen molar-refractivity contribution in [2.75, 3.05) is 23.0 Å². The third-order valence-electron chi connectivity index (χ3n) is 2.01. The molecule has 1 fully saturated rings. The lowest BCUT2D eigenvalue weighted by atomic mass is 10.3. The Morgan fingerprint density at radius 1 is 1.71 bits per heavy atom. The summed E-state index contributed by atoms with van der Waals surface area (Å²) in [6.07, 6.45) is 1.46. The van der Waals surface area contributed by atoms with Gasteiger partial charge in [-0.15, -0.1) is 0 Å². The molecule has 2 rings (SSSR count). The molecule has 1 unspecified atom stereocenters. The van der Waals surface area contributed by atoms with Crippen LogP contribution in [0.5, 0.6) is 0 Å². The van der Waals surface area contributed by atoms with Crippen molar-refractivity contribution in [3.63, 3.8) is 0 Å². The van der Waals surface area contributed by atoms with Gasteiger partial charge >= 0.3 is 5.97 Å². The van der Waals surface area contributed by atoms with Crippen molar-refractivity contribution in [1.29, 1.82) is 0 Å². The molecular formula is C7H9N3O2S2. The molecule has 0 amide bonds. The molecule has 0 radical (unpaired) electrons. The Labute approximate surface area is 89.3 Å². The number of rotatable bonds is 2. The molecule has 76 valence electrons. The summed E-state index contributed by atoms with van der Waals surface area (Å²) >= 11 is 2.91. The zero-order chi connectivity index (χ0) is 9.97. The SMILES string of the molecule is O=C(O)C1CSCCN1c1ncns1. The largest absolute Gasteiger partial charge is 0.480 e. The Kier molecular flexibility index (Phi) is 2.87. The van der Waals surface area contributed by atoms with Gasteiger partial charge in [-0.05, 0) is 0 Å². The van der Waals surface area contributed by atoms with E-state index < -0.39 is 12.0 Å². The molecule has 5 nitrogen and oxygen atoms in total. The number of anilines is 1. The number of hydrogen-bond donors (Lipinski definition) is 1. The van der Waals surface area contributed by atoms with E-state index in [-0.39, 0.29) is 0 Å². The molecule has 1 saturated heterocycles. The lowest BCUT2D eigenvalue weighted by Gasteiger charge is -2.31. The fraction of sp³-hybridized carbons (Fsp3) is 0.571. The summed E-state index contributed by atoms with van der Waals surface area (Å²) < 4.78 is 3.88. The van der Waals surface area contributed by atoms with E-state index in [1.165, 1.54) is 17.9 Å². The number of nitrogens with zero attached hydrogens (tertiary/aromatic N) is 3. The fourth-order valence-corrected chi connectivity index (χ4v) is 2.98. The summed E-state index contributed by atoms with van der Waals surface area (Å²) in [6, 6.07) is -0.457. The average molecular weight is 231 g/mol. The van der Waals surface area contributed by atoms with Crippen molar-refractivity contribution in [3.05, 3.63) is 6.33 Å². The third kappa shape index (κ3) is 1.83. The summed E-state index contributed by atoms with van der Waals surface area (Å²) in [5.74, 6) is 0.783. The van der Waals surface area contributed by atoms with Crippen LogP contribution in [0.25, 0.3) is 0 Å². The number of carboxylic acids is 1. The Bertz CT molecular complexity index is 317. The van der Waals surface area contributed by atoms with Gasteiger partial charge in [0, 0.05) is 29.6 Å². The summed E-state index contributed by atoms with van der Waals surface area (Å²) in [6.45, 7) is 0.733. The molecule has 0 aromatic carbocycles. The monoisotopic (exact) mass is 231 g/mol. The molecule has 1 N–H and O–H groups in total. The topological polar surface area (TPSA) is 66.3 Å². The first kappa shape index (κ1) is 9.72. The molecule has 0 aliphatic carbocycles. The van der Waals surface area contributed by atoms with Crippen molar-refractivity contribution in [3.8, 4) is 0 Å². The molecule has 7 heteroatoms. The van der Waals surface area contributed by atoms with Crippen LogP contribution < -0.4 is 4.90 Å². The molecule has 0 spiro atoms. The second-order valence-electron chi connectivity index (χ2n) is 2.85. The van der Waals surface area contributed by atoms with E-state index in [9.17, 15) is 4.79 Å². The first-order chi connectivity index (χ1) is 6.79. The quantitative estimate of drug-likeness (QED) is 0.801. The molecule has 1 aliphatic rings. The predicted molar refractivity (Wildman–Crippen MR) is 56.0 cm³/mol. The Morgan fingerprint density at radius 2 is 2.57 bits per heavy atom. The smallest absolute Gasteiger partial charge is 0.327 e. The highest BCUT2D eigenvalue weighted by Gasteiger charge is 2.30. The normalized spacial score (nSPS) is 22.3. The van der Waals surface area contributed by atoms with Gasteiger partial charge in [0.25, 0.3) is 0 Å². The Morgan fingerprint density at radius 3 is 3.21 bits per heavy atom. The molecular weight excluding hydrogens is 222 g/mol. The summed E-state index contributed by atoms with van der Waals surface area (Å²) in [7, 11) is 0. The van der Waals surface area contributed by atoms with Gasteiger partial charge in [-0.1, -0.05) is 0 Å². The van der Waals surface area contributed by atoms with Crippen LogP contribution >= 0.6 is 23.3 Å². The minimum absolute atomic E-state index is 0.457. The van der Waals surface area contributed by atoms with Gasteiger partial charge in [0.1, 0.15) is 12.4 Å². The molecule has 2 heterocycles. The number of aromatic nitrogens is 2. The van der Waals surface area contributed by atoms with Gasteiger partial charge in [-0.3, -0.25) is 0 Å². The maximum absolute atomic E-state index is 11.0. The van der Waals surface area contributed by atoms with Gasteiger partial charge in [-0.25, -0.2) is 9.78 Å². The Balaban J connectivity index is 2.18. The third-order valence-corrected chi connectivity index (χ3v) is 3.73. The van der Waals surface area contributed by atoms with Crippen LogP contribution in [0, 0.1) is 0 Å². The highest BCUT2D eigenvalue weighted by molar-refractivity contribution is 7.99. The van der Waals surface area contributed by atoms with Crippen LogP contribution in [0.3, 0.4) is 0 Å². The highest BCUT2D eigenvalue weighted by atomic mass is 32.2. The van der Waals surface area contributed by atoms with Gasteiger partial charge in [-0.2, -0.15) is 16.1 Å². The summed E-state index contributed by atoms with van der Waals surface area (Å²) in [5.41, 5.74) is 0. The number of carbonyl (C=O) groups is 1. The minimum Gasteiger partial charge on any atom is -0.480 e. The molecule has 1 aromatic rings. The molecule has 1 atom stereocenters. The van der Waals surface area contributed by atoms with Crippen molar-refractivity contribution >= 4 is 34.4 Å². The van der Waals surface area contributed by atoms with E-state index in [0.29, 0.717) is 10.9 Å². The Hall–Kier alpha value is -0.820. The van der Waals surface area contributed by atoms with E-state index in [2.05, 4.69) is 9.36 Å². The van der Waals surface area contributed by atoms with Crippen molar-refractivity contribution in [1.82, 2.24) is 9.36 Å². The maximum atomic E-state index is 11.0. The summed E-state index contributed by atoms with van der Waals surface area (Å²) in [5, 5.41) is 9.72. The first-order valence-electron chi connectivity index (χ1n) is 4.13. The van der Waals surface area contributed by atoms with Gasteiger partial charge in [0.2, 0.25) is 5.13 Å². The second-order valence-corrected chi connectivity index (χ2v) is 4.75. The standard InChI is InChI=1S/C7H9N3O2S2/c11-6(12)5-3-13-2-1-10(5)7-8-4-9-14-7/h4-5H,1-3H2,(H,11,12). The van der Waals surface area contributed by atoms with Crippen LogP contribution in [0.2, 0.25) is 0 Å². The number of carboxylic acid groups (broad SMARTS) is 1. The molecule has 14 heavy (non-hydrogen) atoms. The lowest BCUT2D eigenvalue weighted by molar-refractivity contribution is -0.138. The van der Waals surface area contributed by atoms with Crippen molar-refractivity contribution in [2.24, 2.45) is 0 Å². The van der Waals surface area contributed by atoms with Crippen LogP contribution in [0.15, 0.2) is 6.33 Å². The van der Waals surface area contributed by atoms with E-state index in [1.54, 1.807) is 11.8 Å². The van der Waals surface area contributed by atoms with Gasteiger partial charge < -0.3 is 10.0 Å². The lowest BCUT2D eigenvalue weighted by Crippen LogP contribution is -2.47. The molecule has 0 bridgehead atoms. The highest BCUT2D eigenvalue weighted by Crippen LogP contribution is 2.24. The zero-order valence-corrected chi connectivity index (χ0v) is 8.92. The van der Waals surface area contributed by atoms with Gasteiger partial charge in [0.05, 0.1) is 0 Å². The van der Waals surface area contributed by atoms with E-state index in [4.69, 9.17) is 5.11 Å². The number of hydrogen-bond acceptors (Lipinski definition) is 6. The molecule has 1 aromatic heterocycles. The number of aliphatic carboxylic acids is 1. The van der Waals surface area contributed by atoms with E-state index in [1.807, 2.05) is 4.90 Å². The zero-order valence-electron chi connectivity index (χ0n) is 7.29. The summed E-state index contributed by atoms with van der Waals surface area (Å²) in [4.78, 5) is 16.8. The minimum atomic E-state index is -0.785. The van der Waals surface area contributed by atoms with Crippen LogP contribution in [-0.4, -0.2) is 44.5 Å². The maximum Gasteiger partial charge on any atom is 0.327 e. The van der Waals surface area contributed by atoms with E-state index in [0.717, 1.165) is 12.3 Å². The second kappa shape index (κ2) is 4.14. The molecule has 1 aliphatic heterocycles. The van der Waals surface area contributed by atoms with Crippen molar-refractivity contribution < 1.29 is 9.90 Å². The van der Waals surface area contributed by atoms with E-state index >= 15 is 0 Å². The van der Waals surface area contributed by atoms with Crippen LogP contribution in [-0.2, 0) is 4.79 Å². The average Bonchev–Trinajstić information content (AvgIpc) is 2.70. The first-order valence-corrected chi connectivity index (χ1v) is 6.05.